The highest BCUT2D eigenvalue weighted by molar-refractivity contribution is 7.87. The fraction of sp³-hybridized carbons (Fsp3) is 1.00. The zero-order valence-corrected chi connectivity index (χ0v) is 9.61. The molecular formula is C8H20N2O2S. The molecule has 5 heteroatoms. The van der Waals surface area contributed by atoms with E-state index in [-0.39, 0.29) is 6.04 Å². The van der Waals surface area contributed by atoms with Gasteiger partial charge in [-0.2, -0.15) is 13.1 Å². The van der Waals surface area contributed by atoms with Crippen molar-refractivity contribution in [3.05, 3.63) is 0 Å². The van der Waals surface area contributed by atoms with E-state index in [2.05, 4.69) is 9.44 Å². The SMILES string of the molecule is CCC(C)NS(=O)(=O)NCC(C)C. The lowest BCUT2D eigenvalue weighted by molar-refractivity contribution is 0.528. The Bertz CT molecular complexity index is 224. The topological polar surface area (TPSA) is 58.2 Å². The molecule has 0 rings (SSSR count). The van der Waals surface area contributed by atoms with Gasteiger partial charge in [0.2, 0.25) is 0 Å². The van der Waals surface area contributed by atoms with Crippen LogP contribution in [-0.2, 0) is 10.2 Å². The van der Waals surface area contributed by atoms with Gasteiger partial charge >= 0.3 is 0 Å². The zero-order chi connectivity index (χ0) is 10.5. The molecular weight excluding hydrogens is 188 g/mol. The van der Waals surface area contributed by atoms with Gasteiger partial charge in [-0.05, 0) is 19.3 Å². The van der Waals surface area contributed by atoms with Crippen LogP contribution < -0.4 is 9.44 Å². The average Bonchev–Trinajstić information content (AvgIpc) is 2.00. The lowest BCUT2D eigenvalue weighted by Crippen LogP contribution is -2.42. The molecule has 0 saturated carbocycles. The fourth-order valence-electron chi connectivity index (χ4n) is 0.666. The molecule has 0 aromatic heterocycles. The molecule has 0 aromatic carbocycles. The first-order valence-electron chi connectivity index (χ1n) is 4.64. The Balaban J connectivity index is 3.95. The maximum absolute atomic E-state index is 11.3. The minimum absolute atomic E-state index is 0.00957. The summed E-state index contributed by atoms with van der Waals surface area (Å²) in [6.45, 7) is 8.19. The third-order valence-electron chi connectivity index (χ3n) is 1.65. The Hall–Kier alpha value is -0.130. The molecule has 0 aliphatic heterocycles. The lowest BCUT2D eigenvalue weighted by Gasteiger charge is -2.13. The summed E-state index contributed by atoms with van der Waals surface area (Å²) in [4.78, 5) is 0. The van der Waals surface area contributed by atoms with Crippen LogP contribution in [0.3, 0.4) is 0 Å². The number of hydrogen-bond donors (Lipinski definition) is 2. The van der Waals surface area contributed by atoms with Gasteiger partial charge in [0.25, 0.3) is 10.2 Å². The monoisotopic (exact) mass is 208 g/mol. The number of rotatable bonds is 6. The summed E-state index contributed by atoms with van der Waals surface area (Å²) in [6.07, 6.45) is 0.794. The van der Waals surface area contributed by atoms with Gasteiger partial charge in [-0.15, -0.1) is 0 Å². The lowest BCUT2D eigenvalue weighted by atomic mass is 10.2. The van der Waals surface area contributed by atoms with Crippen molar-refractivity contribution in [1.29, 1.82) is 0 Å². The second kappa shape index (κ2) is 5.57. The molecule has 0 heterocycles. The van der Waals surface area contributed by atoms with Crippen molar-refractivity contribution in [2.24, 2.45) is 5.92 Å². The molecule has 0 fully saturated rings. The molecule has 0 bridgehead atoms. The van der Waals surface area contributed by atoms with Gasteiger partial charge in [0.05, 0.1) is 0 Å². The Morgan fingerprint density at radius 3 is 2.15 bits per heavy atom. The molecule has 0 amide bonds. The molecule has 13 heavy (non-hydrogen) atoms. The van der Waals surface area contributed by atoms with E-state index in [1.165, 1.54) is 0 Å². The highest BCUT2D eigenvalue weighted by atomic mass is 32.2. The summed E-state index contributed by atoms with van der Waals surface area (Å²) in [5.74, 6) is 0.327. The Morgan fingerprint density at radius 2 is 1.77 bits per heavy atom. The normalized spacial score (nSPS) is 14.8. The molecule has 0 aliphatic carbocycles. The molecule has 0 aliphatic rings. The van der Waals surface area contributed by atoms with Crippen LogP contribution in [0.5, 0.6) is 0 Å². The highest BCUT2D eigenvalue weighted by Gasteiger charge is 2.12. The molecule has 1 atom stereocenters. The van der Waals surface area contributed by atoms with Crippen LogP contribution in [0.2, 0.25) is 0 Å². The standard InChI is InChI=1S/C8H20N2O2S/c1-5-8(4)10-13(11,12)9-6-7(2)3/h7-10H,5-6H2,1-4H3. The van der Waals surface area contributed by atoms with Crippen LogP contribution >= 0.6 is 0 Å². The maximum Gasteiger partial charge on any atom is 0.277 e. The van der Waals surface area contributed by atoms with Gasteiger partial charge in [-0.1, -0.05) is 20.8 Å². The average molecular weight is 208 g/mol. The predicted molar refractivity (Wildman–Crippen MR) is 54.6 cm³/mol. The maximum atomic E-state index is 11.3. The molecule has 0 aromatic rings. The van der Waals surface area contributed by atoms with Crippen LogP contribution in [0.4, 0.5) is 0 Å². The van der Waals surface area contributed by atoms with Gasteiger partial charge in [0, 0.05) is 12.6 Å². The molecule has 0 radical (unpaired) electrons. The number of nitrogens with one attached hydrogen (secondary N) is 2. The van der Waals surface area contributed by atoms with E-state index in [1.54, 1.807) is 0 Å². The van der Waals surface area contributed by atoms with Crippen molar-refractivity contribution in [2.75, 3.05) is 6.54 Å². The van der Waals surface area contributed by atoms with E-state index in [1.807, 2.05) is 27.7 Å². The van der Waals surface area contributed by atoms with E-state index < -0.39 is 10.2 Å². The van der Waals surface area contributed by atoms with Crippen molar-refractivity contribution >= 4 is 10.2 Å². The molecule has 0 spiro atoms. The van der Waals surface area contributed by atoms with E-state index in [0.29, 0.717) is 12.5 Å². The van der Waals surface area contributed by atoms with Gasteiger partial charge in [0.15, 0.2) is 0 Å². The van der Waals surface area contributed by atoms with Crippen LogP contribution in [0.15, 0.2) is 0 Å². The third-order valence-corrected chi connectivity index (χ3v) is 2.91. The largest absolute Gasteiger partial charge is 0.277 e. The summed E-state index contributed by atoms with van der Waals surface area (Å²) in [5.41, 5.74) is 0. The number of hydrogen-bond acceptors (Lipinski definition) is 2. The second-order valence-corrected chi connectivity index (χ2v) is 5.20. The van der Waals surface area contributed by atoms with Crippen molar-refractivity contribution in [3.63, 3.8) is 0 Å². The van der Waals surface area contributed by atoms with Crippen molar-refractivity contribution in [2.45, 2.75) is 40.2 Å². The first-order valence-corrected chi connectivity index (χ1v) is 6.12. The summed E-state index contributed by atoms with van der Waals surface area (Å²) >= 11 is 0. The minimum Gasteiger partial charge on any atom is -0.202 e. The smallest absolute Gasteiger partial charge is 0.202 e. The second-order valence-electron chi connectivity index (χ2n) is 3.67. The van der Waals surface area contributed by atoms with Crippen LogP contribution in [-0.4, -0.2) is 21.0 Å². The van der Waals surface area contributed by atoms with Crippen molar-refractivity contribution < 1.29 is 8.42 Å². The van der Waals surface area contributed by atoms with E-state index >= 15 is 0 Å². The zero-order valence-electron chi connectivity index (χ0n) is 8.79. The van der Waals surface area contributed by atoms with Gasteiger partial charge in [-0.25, -0.2) is 4.72 Å². The van der Waals surface area contributed by atoms with Crippen LogP contribution in [0.1, 0.15) is 34.1 Å². The Kier molecular flexibility index (Phi) is 5.51. The first kappa shape index (κ1) is 12.9. The Labute approximate surface area is 81.3 Å². The van der Waals surface area contributed by atoms with Crippen LogP contribution in [0, 0.1) is 5.92 Å². The first-order chi connectivity index (χ1) is 5.87. The quantitative estimate of drug-likeness (QED) is 0.680. The summed E-state index contributed by atoms with van der Waals surface area (Å²) in [6, 6.07) is -0.00957. The van der Waals surface area contributed by atoms with Crippen LogP contribution in [0.25, 0.3) is 0 Å². The molecule has 1 unspecified atom stereocenters. The van der Waals surface area contributed by atoms with E-state index in [4.69, 9.17) is 0 Å². The van der Waals surface area contributed by atoms with Gasteiger partial charge in [-0.3, -0.25) is 0 Å². The van der Waals surface area contributed by atoms with Crippen molar-refractivity contribution in [3.8, 4) is 0 Å². The van der Waals surface area contributed by atoms with E-state index in [0.717, 1.165) is 6.42 Å². The molecule has 4 nitrogen and oxygen atoms in total. The van der Waals surface area contributed by atoms with Gasteiger partial charge < -0.3 is 0 Å². The summed E-state index contributed by atoms with van der Waals surface area (Å²) in [5, 5.41) is 0. The Morgan fingerprint density at radius 1 is 1.23 bits per heavy atom. The molecule has 80 valence electrons. The minimum atomic E-state index is -3.29. The molecule has 2 N–H and O–H groups in total. The summed E-state index contributed by atoms with van der Waals surface area (Å²) in [7, 11) is -3.29. The molecule has 0 saturated heterocycles. The highest BCUT2D eigenvalue weighted by Crippen LogP contribution is 1.93. The van der Waals surface area contributed by atoms with Crippen molar-refractivity contribution in [1.82, 2.24) is 9.44 Å². The summed E-state index contributed by atoms with van der Waals surface area (Å²) < 4.78 is 27.6. The van der Waals surface area contributed by atoms with Gasteiger partial charge in [0.1, 0.15) is 0 Å². The predicted octanol–water partition coefficient (Wildman–Crippen LogP) is 0.865. The van der Waals surface area contributed by atoms with E-state index in [9.17, 15) is 8.42 Å². The fourth-order valence-corrected chi connectivity index (χ4v) is 2.00. The third kappa shape index (κ3) is 6.98.